The molecular formula is C17H16NO2+. The number of benzene rings is 1. The van der Waals surface area contributed by atoms with Gasteiger partial charge in [-0.1, -0.05) is 30.3 Å². The van der Waals surface area contributed by atoms with Crippen molar-refractivity contribution in [1.29, 1.82) is 0 Å². The minimum Gasteiger partial charge on any atom is -0.462 e. The average Bonchev–Trinajstić information content (AvgIpc) is 2.91. The summed E-state index contributed by atoms with van der Waals surface area (Å²) in [5, 5.41) is 0. The maximum Gasteiger partial charge on any atom is 0.344 e. The van der Waals surface area contributed by atoms with E-state index >= 15 is 0 Å². The third-order valence-corrected chi connectivity index (χ3v) is 3.38. The van der Waals surface area contributed by atoms with Gasteiger partial charge < -0.3 is 4.74 Å². The summed E-state index contributed by atoms with van der Waals surface area (Å²) < 4.78 is 7.11. The van der Waals surface area contributed by atoms with E-state index in [1.807, 2.05) is 43.5 Å². The fourth-order valence-electron chi connectivity index (χ4n) is 2.39. The maximum atomic E-state index is 11.7. The summed E-state index contributed by atoms with van der Waals surface area (Å²) >= 11 is 0. The van der Waals surface area contributed by atoms with Crippen molar-refractivity contribution >= 4 is 17.6 Å². The predicted octanol–water partition coefficient (Wildman–Crippen LogP) is 2.71. The largest absolute Gasteiger partial charge is 0.462 e. The molecule has 100 valence electrons. The van der Waals surface area contributed by atoms with Crippen molar-refractivity contribution < 1.29 is 14.1 Å². The SMILES string of the molecule is CCOC(=O)c1ccc2[n+](c1)CC(c1ccccc1)=C2. The highest BCUT2D eigenvalue weighted by Gasteiger charge is 2.23. The summed E-state index contributed by atoms with van der Waals surface area (Å²) in [6.07, 6.45) is 4.02. The molecule has 0 N–H and O–H groups in total. The van der Waals surface area contributed by atoms with E-state index in [0.717, 1.165) is 12.2 Å². The summed E-state index contributed by atoms with van der Waals surface area (Å²) in [5.74, 6) is -0.268. The fourth-order valence-corrected chi connectivity index (χ4v) is 2.39. The van der Waals surface area contributed by atoms with E-state index < -0.39 is 0 Å². The Hall–Kier alpha value is -2.42. The van der Waals surface area contributed by atoms with E-state index in [1.54, 1.807) is 0 Å². The van der Waals surface area contributed by atoms with Crippen molar-refractivity contribution in [2.45, 2.75) is 13.5 Å². The molecule has 2 aromatic rings. The molecule has 3 nitrogen and oxygen atoms in total. The molecule has 1 aromatic heterocycles. The van der Waals surface area contributed by atoms with Gasteiger partial charge in [0.05, 0.1) is 6.61 Å². The molecule has 0 atom stereocenters. The first kappa shape index (κ1) is 12.6. The number of aromatic nitrogens is 1. The smallest absolute Gasteiger partial charge is 0.344 e. The van der Waals surface area contributed by atoms with E-state index in [-0.39, 0.29) is 5.97 Å². The number of pyridine rings is 1. The fraction of sp³-hybridized carbons (Fsp3) is 0.176. The zero-order valence-electron chi connectivity index (χ0n) is 11.4. The number of hydrogen-bond acceptors (Lipinski definition) is 2. The van der Waals surface area contributed by atoms with Gasteiger partial charge in [0.2, 0.25) is 5.69 Å². The highest BCUT2D eigenvalue weighted by Crippen LogP contribution is 2.22. The van der Waals surface area contributed by atoms with Crippen LogP contribution in [-0.2, 0) is 11.3 Å². The summed E-state index contributed by atoms with van der Waals surface area (Å²) in [7, 11) is 0. The number of rotatable bonds is 3. The Kier molecular flexibility index (Phi) is 3.33. The Morgan fingerprint density at radius 2 is 2.00 bits per heavy atom. The lowest BCUT2D eigenvalue weighted by Gasteiger charge is -2.01. The Morgan fingerprint density at radius 3 is 2.75 bits per heavy atom. The Balaban J connectivity index is 1.86. The molecule has 0 saturated carbocycles. The lowest BCUT2D eigenvalue weighted by molar-refractivity contribution is -0.682. The number of carbonyl (C=O) groups is 1. The van der Waals surface area contributed by atoms with Crippen LogP contribution in [0.5, 0.6) is 0 Å². The van der Waals surface area contributed by atoms with Crippen LogP contribution >= 0.6 is 0 Å². The second-order valence-corrected chi connectivity index (χ2v) is 4.73. The zero-order valence-corrected chi connectivity index (χ0v) is 11.4. The van der Waals surface area contributed by atoms with Crippen LogP contribution in [0.1, 0.15) is 28.5 Å². The van der Waals surface area contributed by atoms with Crippen LogP contribution in [-0.4, -0.2) is 12.6 Å². The molecule has 1 aliphatic heterocycles. The Labute approximate surface area is 118 Å². The molecule has 1 aliphatic rings. The molecule has 0 fully saturated rings. The number of carbonyl (C=O) groups excluding carboxylic acids is 1. The van der Waals surface area contributed by atoms with Crippen LogP contribution in [0.2, 0.25) is 0 Å². The maximum absolute atomic E-state index is 11.7. The topological polar surface area (TPSA) is 30.2 Å². The minimum absolute atomic E-state index is 0.268. The quantitative estimate of drug-likeness (QED) is 0.631. The highest BCUT2D eigenvalue weighted by atomic mass is 16.5. The Bertz CT molecular complexity index is 675. The second-order valence-electron chi connectivity index (χ2n) is 4.73. The van der Waals surface area contributed by atoms with E-state index in [2.05, 4.69) is 22.8 Å². The van der Waals surface area contributed by atoms with Gasteiger partial charge in [-0.15, -0.1) is 0 Å². The van der Waals surface area contributed by atoms with Gasteiger partial charge in [-0.2, -0.15) is 4.57 Å². The number of nitrogens with zero attached hydrogens (tertiary/aromatic N) is 1. The number of allylic oxidation sites excluding steroid dienone is 1. The molecule has 3 rings (SSSR count). The van der Waals surface area contributed by atoms with Gasteiger partial charge in [-0.3, -0.25) is 0 Å². The zero-order chi connectivity index (χ0) is 13.9. The van der Waals surface area contributed by atoms with E-state index in [0.29, 0.717) is 12.2 Å². The van der Waals surface area contributed by atoms with Gasteiger partial charge in [0.25, 0.3) is 0 Å². The first-order valence-electron chi connectivity index (χ1n) is 6.74. The van der Waals surface area contributed by atoms with Gasteiger partial charge in [-0.25, -0.2) is 4.79 Å². The van der Waals surface area contributed by atoms with Crippen LogP contribution in [0.25, 0.3) is 11.6 Å². The standard InChI is InChI=1S/C17H16NO2/c1-2-20-17(19)14-8-9-16-10-15(12-18(16)11-14)13-6-4-3-5-7-13/h3-11H,2,12H2,1H3/q+1. The van der Waals surface area contributed by atoms with Gasteiger partial charge >= 0.3 is 5.97 Å². The summed E-state index contributed by atoms with van der Waals surface area (Å²) in [6.45, 7) is 2.99. The molecule has 1 aromatic carbocycles. The van der Waals surface area contributed by atoms with Crippen LogP contribution in [0.15, 0.2) is 48.7 Å². The average molecular weight is 266 g/mol. The van der Waals surface area contributed by atoms with Crippen LogP contribution in [0.3, 0.4) is 0 Å². The van der Waals surface area contributed by atoms with E-state index in [9.17, 15) is 4.79 Å². The normalized spacial score (nSPS) is 12.8. The van der Waals surface area contributed by atoms with Crippen molar-refractivity contribution in [3.05, 3.63) is 65.5 Å². The summed E-state index contributed by atoms with van der Waals surface area (Å²) in [5.41, 5.74) is 4.18. The van der Waals surface area contributed by atoms with Crippen LogP contribution < -0.4 is 4.57 Å². The number of hydrogen-bond donors (Lipinski definition) is 0. The van der Waals surface area contributed by atoms with Crippen LogP contribution in [0, 0.1) is 0 Å². The monoisotopic (exact) mass is 266 g/mol. The first-order chi connectivity index (χ1) is 9.78. The van der Waals surface area contributed by atoms with Crippen molar-refractivity contribution in [1.82, 2.24) is 0 Å². The van der Waals surface area contributed by atoms with E-state index in [1.165, 1.54) is 11.1 Å². The first-order valence-corrected chi connectivity index (χ1v) is 6.74. The third kappa shape index (κ3) is 2.35. The van der Waals surface area contributed by atoms with Crippen molar-refractivity contribution in [2.24, 2.45) is 0 Å². The molecule has 0 unspecified atom stereocenters. The number of fused-ring (bicyclic) bond motifs is 1. The molecule has 0 bridgehead atoms. The third-order valence-electron chi connectivity index (χ3n) is 3.38. The molecule has 3 heteroatoms. The Morgan fingerprint density at radius 1 is 1.20 bits per heavy atom. The molecule has 2 heterocycles. The molecule has 0 radical (unpaired) electrons. The molecule has 0 spiro atoms. The molecular weight excluding hydrogens is 250 g/mol. The van der Waals surface area contributed by atoms with Crippen LogP contribution in [0.4, 0.5) is 0 Å². The summed E-state index contributed by atoms with van der Waals surface area (Å²) in [6, 6.07) is 14.1. The number of esters is 1. The van der Waals surface area contributed by atoms with Gasteiger partial charge in [0.1, 0.15) is 5.56 Å². The number of ether oxygens (including phenoxy) is 1. The lowest BCUT2D eigenvalue weighted by Crippen LogP contribution is -2.34. The van der Waals surface area contributed by atoms with Crippen molar-refractivity contribution in [2.75, 3.05) is 6.61 Å². The lowest BCUT2D eigenvalue weighted by atomic mass is 10.1. The predicted molar refractivity (Wildman–Crippen MR) is 76.9 cm³/mol. The summed E-state index contributed by atoms with van der Waals surface area (Å²) in [4.78, 5) is 11.7. The van der Waals surface area contributed by atoms with Gasteiger partial charge in [0.15, 0.2) is 12.7 Å². The minimum atomic E-state index is -0.268. The molecule has 0 amide bonds. The van der Waals surface area contributed by atoms with Crippen molar-refractivity contribution in [3.63, 3.8) is 0 Å². The van der Waals surface area contributed by atoms with Gasteiger partial charge in [0, 0.05) is 17.7 Å². The van der Waals surface area contributed by atoms with E-state index in [4.69, 9.17) is 4.74 Å². The van der Waals surface area contributed by atoms with Crippen molar-refractivity contribution in [3.8, 4) is 0 Å². The molecule has 0 aliphatic carbocycles. The van der Waals surface area contributed by atoms with Gasteiger partial charge in [-0.05, 0) is 18.6 Å². The highest BCUT2D eigenvalue weighted by molar-refractivity contribution is 5.89. The molecule has 0 saturated heterocycles. The molecule has 20 heavy (non-hydrogen) atoms. The second kappa shape index (κ2) is 5.29.